The van der Waals surface area contributed by atoms with Gasteiger partial charge in [-0.15, -0.1) is 0 Å². The van der Waals surface area contributed by atoms with Gasteiger partial charge in [-0.05, 0) is 67.3 Å². The maximum absolute atomic E-state index is 13.7. The Kier molecular flexibility index (Phi) is 11.6. The van der Waals surface area contributed by atoms with Crippen LogP contribution in [0.25, 0.3) is 0 Å². The van der Waals surface area contributed by atoms with Crippen molar-refractivity contribution >= 4 is 27.5 Å². The number of rotatable bonds is 14. The smallest absolute Gasteiger partial charge is 0.253 e. The average Bonchev–Trinajstić information content (AvgIpc) is 3.35. The van der Waals surface area contributed by atoms with Crippen molar-refractivity contribution in [1.82, 2.24) is 19.5 Å². The number of amides is 2. The number of benzene rings is 3. The van der Waals surface area contributed by atoms with Gasteiger partial charge in [-0.25, -0.2) is 13.4 Å². The first-order valence-electron chi connectivity index (χ1n) is 15.4. The Labute approximate surface area is 276 Å². The Balaban J connectivity index is 1.56. The zero-order valence-corrected chi connectivity index (χ0v) is 28.2. The molecule has 11 nitrogen and oxygen atoms in total. The molecule has 0 fully saturated rings. The quantitative estimate of drug-likeness (QED) is 0.170. The van der Waals surface area contributed by atoms with Crippen molar-refractivity contribution < 1.29 is 27.5 Å². The highest BCUT2D eigenvalue weighted by molar-refractivity contribution is 7.89. The lowest BCUT2D eigenvalue weighted by Crippen LogP contribution is -2.51. The summed E-state index contributed by atoms with van der Waals surface area (Å²) >= 11 is 0. The number of sulfonamides is 1. The molecule has 0 saturated heterocycles. The lowest BCUT2D eigenvalue weighted by atomic mass is 10.00. The number of carbonyl (C=O) groups is 2. The molecule has 2 amide bonds. The number of aliphatic hydroxyl groups excluding tert-OH is 1. The number of nitrogens with zero attached hydrogens (tertiary/aromatic N) is 3. The second kappa shape index (κ2) is 15.4. The molecule has 47 heavy (non-hydrogen) atoms. The van der Waals surface area contributed by atoms with E-state index in [0.29, 0.717) is 28.6 Å². The molecular formula is C35H43N5O6S. The van der Waals surface area contributed by atoms with Crippen LogP contribution in [-0.2, 0) is 23.0 Å². The third kappa shape index (κ3) is 9.28. The van der Waals surface area contributed by atoms with Gasteiger partial charge in [-0.2, -0.15) is 4.31 Å². The number of nitrogen functional groups attached to an aromatic ring is 1. The van der Waals surface area contributed by atoms with Crippen LogP contribution in [0.3, 0.4) is 0 Å². The summed E-state index contributed by atoms with van der Waals surface area (Å²) in [6.07, 6.45) is -1.03. The number of oxazole rings is 1. The fraction of sp³-hybridized carbons (Fsp3) is 0.343. The molecule has 0 unspecified atom stereocenters. The maximum Gasteiger partial charge on any atom is 0.253 e. The zero-order valence-electron chi connectivity index (χ0n) is 27.4. The Hall–Kier alpha value is -4.52. The molecule has 0 saturated carbocycles. The van der Waals surface area contributed by atoms with Gasteiger partial charge in [0.15, 0.2) is 5.89 Å². The van der Waals surface area contributed by atoms with Crippen molar-refractivity contribution in [1.29, 1.82) is 0 Å². The SMILES string of the molecule is Cc1nc(CN(C)C(=O)c2cccc(C(=O)N[C@@H](Cc3ccccc3)[C@H](O)CN(CC(C)C)S(=O)(=O)c3ccc(N)cc3)c2)c(C)o1. The summed E-state index contributed by atoms with van der Waals surface area (Å²) in [4.78, 5) is 32.8. The number of carbonyl (C=O) groups excluding carboxylic acids is 2. The van der Waals surface area contributed by atoms with Crippen LogP contribution in [0.4, 0.5) is 5.69 Å². The normalized spacial score (nSPS) is 13.0. The van der Waals surface area contributed by atoms with E-state index in [1.807, 2.05) is 44.2 Å². The lowest BCUT2D eigenvalue weighted by Gasteiger charge is -2.31. The van der Waals surface area contributed by atoms with Crippen LogP contribution >= 0.6 is 0 Å². The summed E-state index contributed by atoms with van der Waals surface area (Å²) in [5, 5.41) is 14.5. The van der Waals surface area contributed by atoms with Crippen molar-refractivity contribution in [3.05, 3.63) is 113 Å². The van der Waals surface area contributed by atoms with E-state index in [2.05, 4.69) is 10.3 Å². The van der Waals surface area contributed by atoms with Crippen LogP contribution in [0.1, 0.15) is 57.5 Å². The van der Waals surface area contributed by atoms with Gasteiger partial charge in [0.25, 0.3) is 11.8 Å². The van der Waals surface area contributed by atoms with Gasteiger partial charge < -0.3 is 25.5 Å². The number of nitrogens with two attached hydrogens (primary N) is 1. The highest BCUT2D eigenvalue weighted by Crippen LogP contribution is 2.21. The summed E-state index contributed by atoms with van der Waals surface area (Å²) in [5.74, 6) is 0.286. The van der Waals surface area contributed by atoms with Crippen molar-refractivity contribution in [3.63, 3.8) is 0 Å². The molecule has 250 valence electrons. The van der Waals surface area contributed by atoms with Gasteiger partial charge in [-0.3, -0.25) is 9.59 Å². The summed E-state index contributed by atoms with van der Waals surface area (Å²) in [6, 6.07) is 20.7. The van der Waals surface area contributed by atoms with Gasteiger partial charge in [0, 0.05) is 43.9 Å². The Bertz CT molecular complexity index is 1770. The predicted octanol–water partition coefficient (Wildman–Crippen LogP) is 4.19. The van der Waals surface area contributed by atoms with E-state index in [1.54, 1.807) is 39.1 Å². The molecule has 4 N–H and O–H groups in total. The number of aliphatic hydroxyl groups is 1. The first-order chi connectivity index (χ1) is 22.2. The Morgan fingerprint density at radius 1 is 0.957 bits per heavy atom. The first kappa shape index (κ1) is 35.3. The molecule has 2 atom stereocenters. The standard InChI is InChI=1S/C35H43N5O6S/c1-23(2)20-40(47(44,45)30-16-14-29(36)15-17-30)22-33(41)31(18-26-10-7-6-8-11-26)38-34(42)27-12-9-13-28(19-27)35(43)39(5)21-32-24(3)46-25(4)37-32/h6-17,19,23,31,33,41H,18,20-22,36H2,1-5H3,(H,38,42)/t31-,33+/m0/s1. The molecule has 4 aromatic rings. The van der Waals surface area contributed by atoms with E-state index >= 15 is 0 Å². The second-order valence-corrected chi connectivity index (χ2v) is 14.0. The first-order valence-corrected chi connectivity index (χ1v) is 16.9. The van der Waals surface area contributed by atoms with Gasteiger partial charge >= 0.3 is 0 Å². The minimum atomic E-state index is -3.99. The van der Waals surface area contributed by atoms with Crippen molar-refractivity contribution in [2.75, 3.05) is 25.9 Å². The molecule has 0 spiro atoms. The molecule has 0 aliphatic carbocycles. The van der Waals surface area contributed by atoms with Crippen LogP contribution in [-0.4, -0.2) is 71.8 Å². The number of nitrogens with one attached hydrogen (secondary N) is 1. The van der Waals surface area contributed by atoms with Gasteiger partial charge in [0.2, 0.25) is 10.0 Å². The fourth-order valence-corrected chi connectivity index (χ4v) is 6.86. The topological polar surface area (TPSA) is 159 Å². The molecular weight excluding hydrogens is 618 g/mol. The fourth-order valence-electron chi connectivity index (χ4n) is 5.23. The molecule has 0 radical (unpaired) electrons. The highest BCUT2D eigenvalue weighted by atomic mass is 32.2. The number of anilines is 1. The average molecular weight is 662 g/mol. The van der Waals surface area contributed by atoms with E-state index in [1.165, 1.54) is 39.5 Å². The van der Waals surface area contributed by atoms with E-state index in [9.17, 15) is 23.1 Å². The van der Waals surface area contributed by atoms with Gasteiger partial charge in [0.05, 0.1) is 23.6 Å². The zero-order chi connectivity index (χ0) is 34.3. The van der Waals surface area contributed by atoms with Crippen LogP contribution in [0, 0.1) is 19.8 Å². The van der Waals surface area contributed by atoms with Crippen LogP contribution in [0.2, 0.25) is 0 Å². The Morgan fingerprint density at radius 3 is 2.23 bits per heavy atom. The van der Waals surface area contributed by atoms with Gasteiger partial charge in [-0.1, -0.05) is 50.2 Å². The second-order valence-electron chi connectivity index (χ2n) is 12.1. The molecule has 0 bridgehead atoms. The Morgan fingerprint density at radius 2 is 1.62 bits per heavy atom. The van der Waals surface area contributed by atoms with Crippen LogP contribution in [0.5, 0.6) is 0 Å². The predicted molar refractivity (Wildman–Crippen MR) is 180 cm³/mol. The summed E-state index contributed by atoms with van der Waals surface area (Å²) < 4.78 is 34.1. The third-order valence-corrected chi connectivity index (χ3v) is 9.51. The number of hydrogen-bond donors (Lipinski definition) is 3. The van der Waals surface area contributed by atoms with E-state index in [4.69, 9.17) is 10.2 Å². The molecule has 4 rings (SSSR count). The maximum atomic E-state index is 13.7. The largest absolute Gasteiger partial charge is 0.446 e. The molecule has 3 aromatic carbocycles. The van der Waals surface area contributed by atoms with E-state index in [0.717, 1.165) is 5.56 Å². The minimum absolute atomic E-state index is 0.0384. The lowest BCUT2D eigenvalue weighted by molar-refractivity contribution is 0.0775. The summed E-state index contributed by atoms with van der Waals surface area (Å²) in [7, 11) is -2.34. The monoisotopic (exact) mass is 661 g/mol. The van der Waals surface area contributed by atoms with Crippen LogP contribution in [0.15, 0.2) is 88.2 Å². The van der Waals surface area contributed by atoms with Gasteiger partial charge in [0.1, 0.15) is 11.5 Å². The molecule has 12 heteroatoms. The van der Waals surface area contributed by atoms with Crippen molar-refractivity contribution in [2.24, 2.45) is 5.92 Å². The van der Waals surface area contributed by atoms with E-state index < -0.39 is 28.1 Å². The van der Waals surface area contributed by atoms with E-state index in [-0.39, 0.29) is 48.3 Å². The molecule has 1 heterocycles. The number of aryl methyl sites for hydroxylation is 2. The number of aromatic nitrogens is 1. The summed E-state index contributed by atoms with van der Waals surface area (Å²) in [5.41, 5.74) is 8.22. The minimum Gasteiger partial charge on any atom is -0.446 e. The van der Waals surface area contributed by atoms with Crippen LogP contribution < -0.4 is 11.1 Å². The summed E-state index contributed by atoms with van der Waals surface area (Å²) in [6.45, 7) is 7.43. The molecule has 0 aliphatic heterocycles. The molecule has 1 aromatic heterocycles. The van der Waals surface area contributed by atoms with Crippen molar-refractivity contribution in [3.8, 4) is 0 Å². The molecule has 0 aliphatic rings. The number of hydrogen-bond acceptors (Lipinski definition) is 8. The highest BCUT2D eigenvalue weighted by Gasteiger charge is 2.31. The van der Waals surface area contributed by atoms with Crippen molar-refractivity contribution in [2.45, 2.75) is 57.7 Å². The third-order valence-electron chi connectivity index (χ3n) is 7.66.